The first-order chi connectivity index (χ1) is 9.86. The van der Waals surface area contributed by atoms with E-state index < -0.39 is 23.3 Å². The molecule has 0 heterocycles. The highest BCUT2D eigenvalue weighted by Crippen LogP contribution is 2.44. The van der Waals surface area contributed by atoms with Gasteiger partial charge in [0.15, 0.2) is 5.41 Å². The fraction of sp³-hybridized carbons (Fsp3) is 0.812. The van der Waals surface area contributed by atoms with E-state index in [4.69, 9.17) is 9.47 Å². The van der Waals surface area contributed by atoms with Crippen molar-refractivity contribution in [2.75, 3.05) is 13.7 Å². The minimum absolute atomic E-state index is 0.157. The number of hydrogen-bond donors (Lipinski definition) is 0. The van der Waals surface area contributed by atoms with Crippen LogP contribution in [-0.2, 0) is 19.1 Å². The van der Waals surface area contributed by atoms with Gasteiger partial charge in [-0.15, -0.1) is 0 Å². The second-order valence-electron chi connectivity index (χ2n) is 5.40. The molecule has 0 amide bonds. The third-order valence-electron chi connectivity index (χ3n) is 4.35. The first-order valence-corrected chi connectivity index (χ1v) is 7.53. The van der Waals surface area contributed by atoms with Crippen LogP contribution in [0.1, 0.15) is 47.5 Å². The van der Waals surface area contributed by atoms with Crippen molar-refractivity contribution in [2.24, 2.45) is 23.2 Å². The van der Waals surface area contributed by atoms with Crippen LogP contribution in [0.4, 0.5) is 0 Å². The third kappa shape index (κ3) is 3.75. The van der Waals surface area contributed by atoms with E-state index in [2.05, 4.69) is 6.07 Å². The number of nitrogens with zero attached hydrogens (tertiary/aromatic N) is 1. The van der Waals surface area contributed by atoms with Crippen LogP contribution in [0.2, 0.25) is 0 Å². The lowest BCUT2D eigenvalue weighted by molar-refractivity contribution is -0.170. The quantitative estimate of drug-likeness (QED) is 0.644. The average molecular weight is 297 g/mol. The zero-order valence-corrected chi connectivity index (χ0v) is 13.9. The van der Waals surface area contributed by atoms with E-state index in [-0.39, 0.29) is 18.4 Å². The summed E-state index contributed by atoms with van der Waals surface area (Å²) in [5.74, 6) is -2.45. The minimum Gasteiger partial charge on any atom is -0.469 e. The summed E-state index contributed by atoms with van der Waals surface area (Å²) in [5.41, 5.74) is -1.51. The van der Waals surface area contributed by atoms with E-state index >= 15 is 0 Å². The lowest BCUT2D eigenvalue weighted by Gasteiger charge is -2.38. The molecule has 0 fully saturated rings. The smallest absolute Gasteiger partial charge is 0.327 e. The minimum atomic E-state index is -1.51. The highest BCUT2D eigenvalue weighted by Gasteiger charge is 2.56. The van der Waals surface area contributed by atoms with Gasteiger partial charge in [0.25, 0.3) is 0 Å². The van der Waals surface area contributed by atoms with Gasteiger partial charge in [0, 0.05) is 0 Å². The molecule has 0 saturated carbocycles. The molecule has 0 aromatic rings. The lowest BCUT2D eigenvalue weighted by atomic mass is 9.62. The van der Waals surface area contributed by atoms with Crippen LogP contribution in [-0.4, -0.2) is 25.7 Å². The Morgan fingerprint density at radius 2 is 1.76 bits per heavy atom. The number of hydrogen-bond acceptors (Lipinski definition) is 5. The highest BCUT2D eigenvalue weighted by atomic mass is 16.5. The summed E-state index contributed by atoms with van der Waals surface area (Å²) in [5, 5.41) is 9.78. The van der Waals surface area contributed by atoms with Gasteiger partial charge < -0.3 is 9.47 Å². The number of carbonyl (C=O) groups is 2. The maximum absolute atomic E-state index is 12.5. The summed E-state index contributed by atoms with van der Waals surface area (Å²) < 4.78 is 9.99. The number of esters is 2. The third-order valence-corrected chi connectivity index (χ3v) is 4.35. The summed E-state index contributed by atoms with van der Waals surface area (Å²) in [6.45, 7) is 9.33. The molecular formula is C16H27NO4. The Morgan fingerprint density at radius 3 is 2.10 bits per heavy atom. The number of methoxy groups -OCH3 is 1. The number of carbonyl (C=O) groups excluding carboxylic acids is 2. The van der Waals surface area contributed by atoms with Gasteiger partial charge in [0.1, 0.15) is 0 Å². The SMILES string of the molecule is CCOC(=O)C(C#N)(C(C)CC)C(C(=O)OC)C(C)CC. The zero-order valence-electron chi connectivity index (χ0n) is 13.9. The van der Waals surface area contributed by atoms with Crippen molar-refractivity contribution in [2.45, 2.75) is 47.5 Å². The Labute approximate surface area is 127 Å². The van der Waals surface area contributed by atoms with Crippen LogP contribution in [0.25, 0.3) is 0 Å². The van der Waals surface area contributed by atoms with E-state index in [1.165, 1.54) is 7.11 Å². The second kappa shape index (κ2) is 8.66. The van der Waals surface area contributed by atoms with E-state index in [1.807, 2.05) is 20.8 Å². The van der Waals surface area contributed by atoms with Gasteiger partial charge in [-0.3, -0.25) is 9.59 Å². The van der Waals surface area contributed by atoms with E-state index in [0.29, 0.717) is 12.8 Å². The predicted molar refractivity (Wildman–Crippen MR) is 79.1 cm³/mol. The number of ether oxygens (including phenoxy) is 2. The largest absolute Gasteiger partial charge is 0.469 e. The van der Waals surface area contributed by atoms with E-state index in [0.717, 1.165) is 0 Å². The maximum atomic E-state index is 12.5. The van der Waals surface area contributed by atoms with E-state index in [9.17, 15) is 14.9 Å². The van der Waals surface area contributed by atoms with Gasteiger partial charge in [-0.1, -0.05) is 40.5 Å². The van der Waals surface area contributed by atoms with Crippen molar-refractivity contribution in [3.63, 3.8) is 0 Å². The molecule has 0 aliphatic rings. The first kappa shape index (κ1) is 19.4. The Balaban J connectivity index is 6.09. The molecule has 0 aliphatic heterocycles. The molecular weight excluding hydrogens is 270 g/mol. The molecule has 0 aromatic carbocycles. The Kier molecular flexibility index (Phi) is 8.01. The molecule has 0 radical (unpaired) electrons. The van der Waals surface area contributed by atoms with Gasteiger partial charge in [0.2, 0.25) is 0 Å². The first-order valence-electron chi connectivity index (χ1n) is 7.53. The van der Waals surface area contributed by atoms with Crippen LogP contribution < -0.4 is 0 Å². The molecule has 0 bridgehead atoms. The highest BCUT2D eigenvalue weighted by molar-refractivity contribution is 5.88. The van der Waals surface area contributed by atoms with Gasteiger partial charge in [-0.2, -0.15) is 5.26 Å². The van der Waals surface area contributed by atoms with Gasteiger partial charge in [0.05, 0.1) is 25.7 Å². The zero-order chi connectivity index (χ0) is 16.6. The van der Waals surface area contributed by atoms with Crippen molar-refractivity contribution < 1.29 is 19.1 Å². The van der Waals surface area contributed by atoms with Crippen molar-refractivity contribution in [1.29, 1.82) is 5.26 Å². The summed E-state index contributed by atoms with van der Waals surface area (Å²) in [6, 6.07) is 2.11. The molecule has 120 valence electrons. The fourth-order valence-electron chi connectivity index (χ4n) is 2.66. The fourth-order valence-corrected chi connectivity index (χ4v) is 2.66. The topological polar surface area (TPSA) is 76.4 Å². The summed E-state index contributed by atoms with van der Waals surface area (Å²) in [6.07, 6.45) is 1.26. The van der Waals surface area contributed by atoms with Gasteiger partial charge in [-0.05, 0) is 18.8 Å². The number of nitriles is 1. The van der Waals surface area contributed by atoms with Crippen molar-refractivity contribution in [3.05, 3.63) is 0 Å². The Morgan fingerprint density at radius 1 is 1.19 bits per heavy atom. The van der Waals surface area contributed by atoms with Crippen LogP contribution >= 0.6 is 0 Å². The Hall–Kier alpha value is -1.57. The molecule has 5 nitrogen and oxygen atoms in total. The molecule has 0 N–H and O–H groups in total. The molecule has 4 unspecified atom stereocenters. The predicted octanol–water partition coefficient (Wildman–Crippen LogP) is 2.94. The molecule has 0 saturated heterocycles. The maximum Gasteiger partial charge on any atom is 0.327 e. The van der Waals surface area contributed by atoms with Crippen molar-refractivity contribution >= 4 is 11.9 Å². The van der Waals surface area contributed by atoms with Gasteiger partial charge in [-0.25, -0.2) is 0 Å². The molecule has 0 aromatic heterocycles. The molecule has 0 aliphatic carbocycles. The van der Waals surface area contributed by atoms with Crippen LogP contribution in [0.5, 0.6) is 0 Å². The molecule has 0 spiro atoms. The van der Waals surface area contributed by atoms with Crippen molar-refractivity contribution in [1.82, 2.24) is 0 Å². The molecule has 0 rings (SSSR count). The Bertz CT molecular complexity index is 402. The van der Waals surface area contributed by atoms with Crippen LogP contribution in [0, 0.1) is 34.5 Å². The lowest BCUT2D eigenvalue weighted by Crippen LogP contribution is -2.50. The summed E-state index contributed by atoms with van der Waals surface area (Å²) in [7, 11) is 1.28. The second-order valence-corrected chi connectivity index (χ2v) is 5.40. The van der Waals surface area contributed by atoms with Crippen molar-refractivity contribution in [3.8, 4) is 6.07 Å². The van der Waals surface area contributed by atoms with Crippen LogP contribution in [0.3, 0.4) is 0 Å². The average Bonchev–Trinajstić information content (AvgIpc) is 2.50. The van der Waals surface area contributed by atoms with Gasteiger partial charge >= 0.3 is 11.9 Å². The molecule has 21 heavy (non-hydrogen) atoms. The van der Waals surface area contributed by atoms with Crippen LogP contribution in [0.15, 0.2) is 0 Å². The molecule has 4 atom stereocenters. The monoisotopic (exact) mass is 297 g/mol. The summed E-state index contributed by atoms with van der Waals surface area (Å²) >= 11 is 0. The summed E-state index contributed by atoms with van der Waals surface area (Å²) in [4.78, 5) is 24.8. The van der Waals surface area contributed by atoms with E-state index in [1.54, 1.807) is 13.8 Å². The molecule has 5 heteroatoms. The number of rotatable bonds is 8. The normalized spacial score (nSPS) is 17.8. The standard InChI is InChI=1S/C16H27NO4/c1-7-11(4)13(14(18)20-6)16(10-17,12(5)8-2)15(19)21-9-3/h11-13H,7-9H2,1-6H3.